The van der Waals surface area contributed by atoms with Crippen molar-refractivity contribution in [1.29, 1.82) is 0 Å². The fourth-order valence-corrected chi connectivity index (χ4v) is 3.79. The molecule has 0 unspecified atom stereocenters. The third-order valence-electron chi connectivity index (χ3n) is 3.86. The Bertz CT molecular complexity index is 791. The summed E-state index contributed by atoms with van der Waals surface area (Å²) in [5, 5.41) is 4.95. The van der Waals surface area contributed by atoms with Crippen LogP contribution in [0.25, 0.3) is 0 Å². The molecule has 0 heterocycles. The van der Waals surface area contributed by atoms with Crippen LogP contribution < -0.4 is 5.43 Å². The Morgan fingerprint density at radius 3 is 2.30 bits per heavy atom. The van der Waals surface area contributed by atoms with Gasteiger partial charge in [-0.1, -0.05) is 65.9 Å². The van der Waals surface area contributed by atoms with E-state index < -0.39 is 0 Å². The monoisotopic (exact) mass is 419 g/mol. The highest BCUT2D eigenvalue weighted by Crippen LogP contribution is 2.14. The molecule has 0 aliphatic rings. The fraction of sp³-hybridized carbons (Fsp3) is 0.250. The number of hydrogen-bond donors (Lipinski definition) is 1. The zero-order valence-corrected chi connectivity index (χ0v) is 17.7. The maximum absolute atomic E-state index is 12.3. The van der Waals surface area contributed by atoms with Crippen LogP contribution in [0.4, 0.5) is 0 Å². The van der Waals surface area contributed by atoms with Crippen molar-refractivity contribution in [3.63, 3.8) is 0 Å². The molecule has 27 heavy (non-hydrogen) atoms. The van der Waals surface area contributed by atoms with E-state index in [0.717, 1.165) is 28.7 Å². The van der Waals surface area contributed by atoms with Crippen LogP contribution in [0, 0.1) is 0 Å². The van der Waals surface area contributed by atoms with E-state index in [-0.39, 0.29) is 5.91 Å². The van der Waals surface area contributed by atoms with Gasteiger partial charge in [-0.25, -0.2) is 5.43 Å². The van der Waals surface area contributed by atoms with Gasteiger partial charge in [0.1, 0.15) is 4.32 Å². The minimum Gasteiger partial charge on any atom is -0.358 e. The van der Waals surface area contributed by atoms with Crippen LogP contribution in [-0.4, -0.2) is 39.7 Å². The van der Waals surface area contributed by atoms with Crippen molar-refractivity contribution in [3.8, 4) is 0 Å². The molecule has 4 nitrogen and oxygen atoms in total. The van der Waals surface area contributed by atoms with Crippen LogP contribution in [0.3, 0.4) is 0 Å². The molecule has 0 saturated heterocycles. The van der Waals surface area contributed by atoms with Gasteiger partial charge in [-0.15, -0.1) is 0 Å². The maximum atomic E-state index is 12.3. The standard InChI is InChI=1S/C20H22ClN3OS2/c1-3-24(4-2)20(26)27-14-18(15-8-6-5-7-9-15)22-23-19(25)16-10-12-17(21)13-11-16/h5-13H,3-4,14H2,1-2H3,(H,23,25)/b22-18-. The van der Waals surface area contributed by atoms with Crippen LogP contribution in [0.15, 0.2) is 59.7 Å². The molecule has 0 aromatic heterocycles. The molecule has 0 fully saturated rings. The highest BCUT2D eigenvalue weighted by atomic mass is 35.5. The summed E-state index contributed by atoms with van der Waals surface area (Å²) in [6, 6.07) is 16.5. The summed E-state index contributed by atoms with van der Waals surface area (Å²) in [7, 11) is 0. The van der Waals surface area contributed by atoms with Gasteiger partial charge in [0.15, 0.2) is 0 Å². The highest BCUT2D eigenvalue weighted by molar-refractivity contribution is 8.23. The Hall–Kier alpha value is -1.89. The molecule has 0 saturated carbocycles. The number of thiocarbonyl (C=S) groups is 1. The lowest BCUT2D eigenvalue weighted by Gasteiger charge is -2.21. The molecule has 0 atom stereocenters. The Labute approximate surface area is 175 Å². The highest BCUT2D eigenvalue weighted by Gasteiger charge is 2.11. The summed E-state index contributed by atoms with van der Waals surface area (Å²) >= 11 is 12.9. The van der Waals surface area contributed by atoms with Crippen molar-refractivity contribution >= 4 is 51.5 Å². The van der Waals surface area contributed by atoms with E-state index in [4.69, 9.17) is 23.8 Å². The molecule has 142 valence electrons. The number of benzene rings is 2. The molecule has 0 bridgehead atoms. The van der Waals surface area contributed by atoms with Gasteiger partial charge in [-0.05, 0) is 43.7 Å². The van der Waals surface area contributed by atoms with Crippen molar-refractivity contribution in [3.05, 3.63) is 70.7 Å². The fourth-order valence-electron chi connectivity index (χ4n) is 2.30. The Balaban J connectivity index is 2.12. The second kappa shape index (κ2) is 11.1. The molecule has 7 heteroatoms. The van der Waals surface area contributed by atoms with Gasteiger partial charge >= 0.3 is 0 Å². The topological polar surface area (TPSA) is 44.7 Å². The molecular formula is C20H22ClN3OS2. The minimum atomic E-state index is -0.281. The van der Waals surface area contributed by atoms with Crippen molar-refractivity contribution in [2.24, 2.45) is 5.10 Å². The summed E-state index contributed by atoms with van der Waals surface area (Å²) in [5.41, 5.74) is 4.84. The number of nitrogens with zero attached hydrogens (tertiary/aromatic N) is 2. The summed E-state index contributed by atoms with van der Waals surface area (Å²) in [4.78, 5) is 14.4. The third kappa shape index (κ3) is 6.65. The molecule has 2 rings (SSSR count). The zero-order valence-electron chi connectivity index (χ0n) is 15.3. The van der Waals surface area contributed by atoms with Crippen LogP contribution in [0.2, 0.25) is 5.02 Å². The molecular weight excluding hydrogens is 398 g/mol. The number of halogens is 1. The van der Waals surface area contributed by atoms with Crippen molar-refractivity contribution in [2.75, 3.05) is 18.8 Å². The normalized spacial score (nSPS) is 11.1. The number of nitrogens with one attached hydrogen (secondary N) is 1. The SMILES string of the molecule is CCN(CC)C(=S)SC/C(=N/NC(=O)c1ccc(Cl)cc1)c1ccccc1. The second-order valence-electron chi connectivity index (χ2n) is 5.60. The summed E-state index contributed by atoms with van der Waals surface area (Å²) < 4.78 is 0.827. The lowest BCUT2D eigenvalue weighted by atomic mass is 10.1. The van der Waals surface area contributed by atoms with E-state index in [2.05, 4.69) is 29.3 Å². The van der Waals surface area contributed by atoms with E-state index in [1.54, 1.807) is 36.0 Å². The quantitative estimate of drug-likeness (QED) is 0.396. The summed E-state index contributed by atoms with van der Waals surface area (Å²) in [6.45, 7) is 5.89. The van der Waals surface area contributed by atoms with Gasteiger partial charge in [-0.2, -0.15) is 5.10 Å². The van der Waals surface area contributed by atoms with Crippen LogP contribution in [-0.2, 0) is 0 Å². The van der Waals surface area contributed by atoms with Gasteiger partial charge in [0.25, 0.3) is 5.91 Å². The van der Waals surface area contributed by atoms with Crippen molar-refractivity contribution < 1.29 is 4.79 Å². The molecule has 0 radical (unpaired) electrons. The Morgan fingerprint density at radius 2 is 1.70 bits per heavy atom. The maximum Gasteiger partial charge on any atom is 0.271 e. The number of hydrogen-bond acceptors (Lipinski definition) is 4. The number of carbonyl (C=O) groups excluding carboxylic acids is 1. The van der Waals surface area contributed by atoms with E-state index in [1.807, 2.05) is 30.3 Å². The molecule has 2 aromatic rings. The van der Waals surface area contributed by atoms with E-state index >= 15 is 0 Å². The molecule has 2 aromatic carbocycles. The predicted molar refractivity (Wildman–Crippen MR) is 120 cm³/mol. The van der Waals surface area contributed by atoms with Crippen LogP contribution in [0.5, 0.6) is 0 Å². The van der Waals surface area contributed by atoms with E-state index in [0.29, 0.717) is 16.3 Å². The first kappa shape index (κ1) is 21.4. The smallest absolute Gasteiger partial charge is 0.271 e. The van der Waals surface area contributed by atoms with Gasteiger partial charge in [0.2, 0.25) is 0 Å². The summed E-state index contributed by atoms with van der Waals surface area (Å²) in [6.07, 6.45) is 0. The Kier molecular flexibility index (Phi) is 8.78. The second-order valence-corrected chi connectivity index (χ2v) is 7.64. The summed E-state index contributed by atoms with van der Waals surface area (Å²) in [5.74, 6) is 0.289. The first-order valence-electron chi connectivity index (χ1n) is 8.64. The van der Waals surface area contributed by atoms with Crippen LogP contribution >= 0.6 is 35.6 Å². The lowest BCUT2D eigenvalue weighted by Crippen LogP contribution is -2.28. The van der Waals surface area contributed by atoms with Gasteiger partial charge in [0.05, 0.1) is 5.71 Å². The van der Waals surface area contributed by atoms with Crippen LogP contribution in [0.1, 0.15) is 29.8 Å². The lowest BCUT2D eigenvalue weighted by molar-refractivity contribution is 0.0955. The molecule has 0 aliphatic heterocycles. The molecule has 1 N–H and O–H groups in total. The number of hydrazone groups is 1. The number of thioether (sulfide) groups is 1. The van der Waals surface area contributed by atoms with Crippen molar-refractivity contribution in [1.82, 2.24) is 10.3 Å². The average molecular weight is 420 g/mol. The van der Waals surface area contributed by atoms with E-state index in [9.17, 15) is 4.79 Å². The van der Waals surface area contributed by atoms with Gasteiger partial charge < -0.3 is 4.90 Å². The number of carbonyl (C=O) groups is 1. The van der Waals surface area contributed by atoms with E-state index in [1.165, 1.54) is 0 Å². The first-order valence-corrected chi connectivity index (χ1v) is 10.4. The predicted octanol–water partition coefficient (Wildman–Crippen LogP) is 4.83. The number of rotatable bonds is 7. The molecule has 0 spiro atoms. The largest absolute Gasteiger partial charge is 0.358 e. The molecule has 0 aliphatic carbocycles. The third-order valence-corrected chi connectivity index (χ3v) is 5.65. The zero-order chi connectivity index (χ0) is 19.6. The van der Waals surface area contributed by atoms with Gasteiger partial charge in [0, 0.05) is 29.4 Å². The first-order chi connectivity index (χ1) is 13.0. The minimum absolute atomic E-state index is 0.281. The number of amides is 1. The molecule has 1 amide bonds. The van der Waals surface area contributed by atoms with Crippen molar-refractivity contribution in [2.45, 2.75) is 13.8 Å². The van der Waals surface area contributed by atoms with Gasteiger partial charge in [-0.3, -0.25) is 4.79 Å². The Morgan fingerprint density at radius 1 is 1.07 bits per heavy atom. The average Bonchev–Trinajstić information content (AvgIpc) is 2.70.